The molecule has 0 bridgehead atoms. The predicted molar refractivity (Wildman–Crippen MR) is 64.3 cm³/mol. The van der Waals surface area contributed by atoms with Crippen LogP contribution in [0.4, 0.5) is 4.39 Å². The highest BCUT2D eigenvalue weighted by molar-refractivity contribution is 5.92. The molecule has 0 saturated heterocycles. The van der Waals surface area contributed by atoms with Crippen LogP contribution >= 0.6 is 0 Å². The minimum atomic E-state index is -0.578. The molecule has 2 aromatic rings. The van der Waals surface area contributed by atoms with Gasteiger partial charge in [-0.15, -0.1) is 0 Å². The zero-order valence-electron chi connectivity index (χ0n) is 9.58. The molecule has 94 valence electrons. The third-order valence-electron chi connectivity index (χ3n) is 2.69. The Morgan fingerprint density at radius 2 is 2.17 bits per heavy atom. The number of halogens is 1. The van der Waals surface area contributed by atoms with Gasteiger partial charge in [-0.05, 0) is 6.07 Å². The Morgan fingerprint density at radius 3 is 2.72 bits per heavy atom. The lowest BCUT2D eigenvalue weighted by Crippen LogP contribution is -2.22. The van der Waals surface area contributed by atoms with Crippen LogP contribution < -0.4 is 11.5 Å². The first kappa shape index (κ1) is 12.3. The molecule has 1 unspecified atom stereocenters. The molecule has 5 nitrogen and oxygen atoms in total. The number of hydrogen-bond acceptors (Lipinski definition) is 3. The summed E-state index contributed by atoms with van der Waals surface area (Å²) in [4.78, 5) is 11.0. The van der Waals surface area contributed by atoms with Gasteiger partial charge in [-0.25, -0.2) is 4.39 Å². The van der Waals surface area contributed by atoms with Crippen LogP contribution in [0.1, 0.15) is 22.0 Å². The van der Waals surface area contributed by atoms with Crippen molar-refractivity contribution < 1.29 is 9.18 Å². The molecule has 0 aliphatic carbocycles. The van der Waals surface area contributed by atoms with Gasteiger partial charge in [-0.1, -0.05) is 18.2 Å². The number of nitrogens with zero attached hydrogens (tertiary/aromatic N) is 2. The predicted octanol–water partition coefficient (Wildman–Crippen LogP) is 0.669. The molecule has 1 amide bonds. The van der Waals surface area contributed by atoms with Gasteiger partial charge < -0.3 is 11.5 Å². The highest BCUT2D eigenvalue weighted by Gasteiger charge is 2.17. The SMILES string of the molecule is NCC(c1ccccc1F)n1cc(C(N)=O)cn1. The number of amides is 1. The maximum Gasteiger partial charge on any atom is 0.251 e. The van der Waals surface area contributed by atoms with Gasteiger partial charge in [0.25, 0.3) is 5.91 Å². The Labute approximate surface area is 103 Å². The van der Waals surface area contributed by atoms with Gasteiger partial charge in [-0.3, -0.25) is 9.48 Å². The van der Waals surface area contributed by atoms with E-state index in [1.807, 2.05) is 0 Å². The van der Waals surface area contributed by atoms with E-state index in [4.69, 9.17) is 11.5 Å². The van der Waals surface area contributed by atoms with Crippen molar-refractivity contribution in [3.63, 3.8) is 0 Å². The van der Waals surface area contributed by atoms with Crippen LogP contribution in [0.15, 0.2) is 36.7 Å². The summed E-state index contributed by atoms with van der Waals surface area (Å²) < 4.78 is 15.1. The summed E-state index contributed by atoms with van der Waals surface area (Å²) in [6.45, 7) is 0.167. The summed E-state index contributed by atoms with van der Waals surface area (Å²) in [5, 5.41) is 4.00. The van der Waals surface area contributed by atoms with Crippen molar-refractivity contribution in [2.45, 2.75) is 6.04 Å². The molecule has 1 heterocycles. The van der Waals surface area contributed by atoms with Crippen molar-refractivity contribution in [1.29, 1.82) is 0 Å². The molecule has 0 radical (unpaired) electrons. The van der Waals surface area contributed by atoms with Crippen LogP contribution in [-0.2, 0) is 0 Å². The summed E-state index contributed by atoms with van der Waals surface area (Å²) in [7, 11) is 0. The number of primary amides is 1. The minimum absolute atomic E-state index is 0.167. The molecule has 0 aliphatic heterocycles. The molecule has 0 spiro atoms. The molecular weight excluding hydrogens is 235 g/mol. The maximum absolute atomic E-state index is 13.7. The molecule has 2 rings (SSSR count). The van der Waals surface area contributed by atoms with Crippen LogP contribution in [0, 0.1) is 5.82 Å². The molecule has 6 heteroatoms. The van der Waals surface area contributed by atoms with Crippen LogP contribution in [0.2, 0.25) is 0 Å². The van der Waals surface area contributed by atoms with E-state index in [0.29, 0.717) is 5.56 Å². The van der Waals surface area contributed by atoms with Gasteiger partial charge in [0.05, 0.1) is 17.8 Å². The van der Waals surface area contributed by atoms with Crippen molar-refractivity contribution in [2.75, 3.05) is 6.54 Å². The van der Waals surface area contributed by atoms with E-state index in [0.717, 1.165) is 0 Å². The monoisotopic (exact) mass is 248 g/mol. The molecule has 1 aromatic carbocycles. The maximum atomic E-state index is 13.7. The lowest BCUT2D eigenvalue weighted by Gasteiger charge is -2.16. The summed E-state index contributed by atoms with van der Waals surface area (Å²) in [5.74, 6) is -0.936. The highest BCUT2D eigenvalue weighted by atomic mass is 19.1. The zero-order chi connectivity index (χ0) is 13.1. The standard InChI is InChI=1S/C12H13FN4O/c13-10-4-2-1-3-9(10)11(5-14)17-7-8(6-16-17)12(15)18/h1-4,6-7,11H,5,14H2,(H2,15,18). The highest BCUT2D eigenvalue weighted by Crippen LogP contribution is 2.20. The van der Waals surface area contributed by atoms with Crippen molar-refractivity contribution in [2.24, 2.45) is 11.5 Å². The first-order valence-corrected chi connectivity index (χ1v) is 5.42. The van der Waals surface area contributed by atoms with Crippen LogP contribution in [0.5, 0.6) is 0 Å². The van der Waals surface area contributed by atoms with Gasteiger partial charge >= 0.3 is 0 Å². The minimum Gasteiger partial charge on any atom is -0.366 e. The smallest absolute Gasteiger partial charge is 0.251 e. The van der Waals surface area contributed by atoms with Crippen molar-refractivity contribution >= 4 is 5.91 Å². The third-order valence-corrected chi connectivity index (χ3v) is 2.69. The molecule has 0 aliphatic rings. The first-order valence-electron chi connectivity index (χ1n) is 5.42. The third kappa shape index (κ3) is 2.23. The normalized spacial score (nSPS) is 12.3. The number of hydrogen-bond donors (Lipinski definition) is 2. The van der Waals surface area contributed by atoms with Crippen molar-refractivity contribution in [3.05, 3.63) is 53.6 Å². The molecule has 1 aromatic heterocycles. The molecule has 1 atom stereocenters. The van der Waals surface area contributed by atoms with Crippen molar-refractivity contribution in [1.82, 2.24) is 9.78 Å². The summed E-state index contributed by atoms with van der Waals surface area (Å²) in [6.07, 6.45) is 2.80. The van der Waals surface area contributed by atoms with E-state index in [1.165, 1.54) is 23.1 Å². The Kier molecular flexibility index (Phi) is 3.38. The number of nitrogens with two attached hydrogens (primary N) is 2. The molecule has 18 heavy (non-hydrogen) atoms. The number of carbonyl (C=O) groups is 1. The van der Waals surface area contributed by atoms with Gasteiger partial charge in [0.1, 0.15) is 5.82 Å². The van der Waals surface area contributed by atoms with Crippen LogP contribution in [-0.4, -0.2) is 22.2 Å². The van der Waals surface area contributed by atoms with E-state index in [9.17, 15) is 9.18 Å². The quantitative estimate of drug-likeness (QED) is 0.833. The number of aromatic nitrogens is 2. The number of benzene rings is 1. The average molecular weight is 248 g/mol. The number of carbonyl (C=O) groups excluding carboxylic acids is 1. The largest absolute Gasteiger partial charge is 0.366 e. The van der Waals surface area contributed by atoms with E-state index < -0.39 is 11.9 Å². The molecule has 0 saturated carbocycles. The topological polar surface area (TPSA) is 86.9 Å². The van der Waals surface area contributed by atoms with E-state index in [2.05, 4.69) is 5.10 Å². The molecule has 4 N–H and O–H groups in total. The van der Waals surface area contributed by atoms with E-state index in [1.54, 1.807) is 18.2 Å². The zero-order valence-corrected chi connectivity index (χ0v) is 9.58. The fraction of sp³-hybridized carbons (Fsp3) is 0.167. The van der Waals surface area contributed by atoms with E-state index >= 15 is 0 Å². The Bertz CT molecular complexity index is 567. The Balaban J connectivity index is 2.39. The average Bonchev–Trinajstić information content (AvgIpc) is 2.82. The second-order valence-electron chi connectivity index (χ2n) is 3.85. The second-order valence-corrected chi connectivity index (χ2v) is 3.85. The summed E-state index contributed by atoms with van der Waals surface area (Å²) in [6, 6.07) is 5.86. The van der Waals surface area contributed by atoms with Gasteiger partial charge in [0.2, 0.25) is 0 Å². The Morgan fingerprint density at radius 1 is 1.44 bits per heavy atom. The molecule has 0 fully saturated rings. The second kappa shape index (κ2) is 4.97. The van der Waals surface area contributed by atoms with Gasteiger partial charge in [0.15, 0.2) is 0 Å². The summed E-state index contributed by atoms with van der Waals surface area (Å²) >= 11 is 0. The van der Waals surface area contributed by atoms with Crippen LogP contribution in [0.25, 0.3) is 0 Å². The Hall–Kier alpha value is -2.21. The lowest BCUT2D eigenvalue weighted by atomic mass is 10.1. The van der Waals surface area contributed by atoms with Crippen LogP contribution in [0.3, 0.4) is 0 Å². The van der Waals surface area contributed by atoms with Crippen molar-refractivity contribution in [3.8, 4) is 0 Å². The lowest BCUT2D eigenvalue weighted by molar-refractivity contribution is 0.1000. The van der Waals surface area contributed by atoms with Gasteiger partial charge in [-0.2, -0.15) is 5.10 Å². The van der Waals surface area contributed by atoms with E-state index in [-0.39, 0.29) is 17.9 Å². The molecular formula is C12H13FN4O. The first-order chi connectivity index (χ1) is 8.63. The fourth-order valence-corrected chi connectivity index (χ4v) is 1.76. The fourth-order valence-electron chi connectivity index (χ4n) is 1.76. The van der Waals surface area contributed by atoms with Gasteiger partial charge in [0, 0.05) is 18.3 Å². The summed E-state index contributed by atoms with van der Waals surface area (Å²) in [5.41, 5.74) is 11.5. The number of rotatable bonds is 4.